The summed E-state index contributed by atoms with van der Waals surface area (Å²) in [6, 6.07) is 21.9. The van der Waals surface area contributed by atoms with Crippen LogP contribution in [-0.2, 0) is 19.6 Å². The molecule has 0 atom stereocenters. The minimum atomic E-state index is 0.459. The van der Waals surface area contributed by atoms with Crippen LogP contribution in [0.4, 0.5) is 5.69 Å². The molecule has 3 aromatic carbocycles. The van der Waals surface area contributed by atoms with E-state index < -0.39 is 0 Å². The van der Waals surface area contributed by atoms with Crippen molar-refractivity contribution >= 4 is 28.9 Å². The average molecular weight is 386 g/mol. The van der Waals surface area contributed by atoms with Gasteiger partial charge in [0.15, 0.2) is 0 Å². The Kier molecular flexibility index (Phi) is 6.43. The highest BCUT2D eigenvalue weighted by Gasteiger charge is 2.12. The van der Waals surface area contributed by atoms with Gasteiger partial charge in [-0.1, -0.05) is 78.7 Å². The van der Waals surface area contributed by atoms with Gasteiger partial charge in [0.05, 0.1) is 5.02 Å². The van der Waals surface area contributed by atoms with Gasteiger partial charge in [-0.2, -0.15) is 0 Å². The fourth-order valence-corrected chi connectivity index (χ4v) is 3.42. The van der Waals surface area contributed by atoms with E-state index in [1.165, 1.54) is 5.56 Å². The standard InChI is InChI=1S/C22H21Cl2NO/c1-2-17-10-6-7-11-21(17)25-14-18-12-19(23)13-20(24)22(18)26-15-16-8-4-3-5-9-16/h3-13,25H,2,14-15H2,1H3. The van der Waals surface area contributed by atoms with Gasteiger partial charge < -0.3 is 10.1 Å². The Morgan fingerprint density at radius 2 is 1.62 bits per heavy atom. The minimum absolute atomic E-state index is 0.459. The molecule has 1 N–H and O–H groups in total. The summed E-state index contributed by atoms with van der Waals surface area (Å²) in [7, 11) is 0. The lowest BCUT2D eigenvalue weighted by molar-refractivity contribution is 0.303. The number of aryl methyl sites for hydroxylation is 1. The molecule has 2 nitrogen and oxygen atoms in total. The highest BCUT2D eigenvalue weighted by atomic mass is 35.5. The lowest BCUT2D eigenvalue weighted by Gasteiger charge is -2.16. The topological polar surface area (TPSA) is 21.3 Å². The van der Waals surface area contributed by atoms with E-state index in [1.54, 1.807) is 6.07 Å². The summed E-state index contributed by atoms with van der Waals surface area (Å²) in [6.45, 7) is 3.19. The Bertz CT molecular complexity index is 865. The SMILES string of the molecule is CCc1ccccc1NCc1cc(Cl)cc(Cl)c1OCc1ccccc1. The summed E-state index contributed by atoms with van der Waals surface area (Å²) in [4.78, 5) is 0. The normalized spacial score (nSPS) is 10.6. The van der Waals surface area contributed by atoms with Crippen LogP contribution >= 0.6 is 23.2 Å². The number of benzene rings is 3. The smallest absolute Gasteiger partial charge is 0.143 e. The Hall–Kier alpha value is -2.16. The fourth-order valence-electron chi connectivity index (χ4n) is 2.83. The number of nitrogens with one attached hydrogen (secondary N) is 1. The maximum Gasteiger partial charge on any atom is 0.143 e. The van der Waals surface area contributed by atoms with Gasteiger partial charge in [0.25, 0.3) is 0 Å². The van der Waals surface area contributed by atoms with Crippen LogP contribution in [0.3, 0.4) is 0 Å². The van der Waals surface area contributed by atoms with Crippen LogP contribution in [0, 0.1) is 0 Å². The van der Waals surface area contributed by atoms with Crippen molar-refractivity contribution in [1.29, 1.82) is 0 Å². The van der Waals surface area contributed by atoms with Crippen molar-refractivity contribution in [3.05, 3.63) is 93.5 Å². The molecule has 26 heavy (non-hydrogen) atoms. The van der Waals surface area contributed by atoms with E-state index >= 15 is 0 Å². The summed E-state index contributed by atoms with van der Waals surface area (Å²) >= 11 is 12.6. The quantitative estimate of drug-likeness (QED) is 0.485. The van der Waals surface area contributed by atoms with Gasteiger partial charge in [-0.05, 0) is 35.7 Å². The fraction of sp³-hybridized carbons (Fsp3) is 0.182. The lowest BCUT2D eigenvalue weighted by atomic mass is 10.1. The molecule has 0 spiro atoms. The third kappa shape index (κ3) is 4.72. The molecule has 0 aliphatic heterocycles. The number of hydrogen-bond donors (Lipinski definition) is 1. The molecule has 0 fully saturated rings. The maximum atomic E-state index is 6.40. The van der Waals surface area contributed by atoms with Gasteiger partial charge in [-0.15, -0.1) is 0 Å². The Labute approximate surface area is 164 Å². The summed E-state index contributed by atoms with van der Waals surface area (Å²) in [5, 5.41) is 4.60. The molecule has 0 aromatic heterocycles. The van der Waals surface area contributed by atoms with Crippen molar-refractivity contribution in [3.8, 4) is 5.75 Å². The molecule has 134 valence electrons. The number of rotatable bonds is 7. The second kappa shape index (κ2) is 8.98. The molecule has 3 aromatic rings. The summed E-state index contributed by atoms with van der Waals surface area (Å²) < 4.78 is 6.02. The van der Waals surface area contributed by atoms with Gasteiger partial charge in [-0.3, -0.25) is 0 Å². The molecule has 0 saturated heterocycles. The van der Waals surface area contributed by atoms with Gasteiger partial charge in [0.1, 0.15) is 12.4 Å². The molecule has 0 unspecified atom stereocenters. The van der Waals surface area contributed by atoms with Crippen molar-refractivity contribution in [2.24, 2.45) is 0 Å². The molecule has 0 aliphatic carbocycles. The highest BCUT2D eigenvalue weighted by Crippen LogP contribution is 2.34. The molecule has 0 amide bonds. The summed E-state index contributed by atoms with van der Waals surface area (Å²) in [6.07, 6.45) is 0.969. The first kappa shape index (κ1) is 18.6. The third-order valence-corrected chi connectivity index (χ3v) is 4.68. The van der Waals surface area contributed by atoms with E-state index in [4.69, 9.17) is 27.9 Å². The van der Waals surface area contributed by atoms with Gasteiger partial charge >= 0.3 is 0 Å². The van der Waals surface area contributed by atoms with E-state index in [1.807, 2.05) is 42.5 Å². The zero-order chi connectivity index (χ0) is 18.4. The number of ether oxygens (including phenoxy) is 1. The van der Waals surface area contributed by atoms with E-state index in [9.17, 15) is 0 Å². The van der Waals surface area contributed by atoms with E-state index in [2.05, 4.69) is 30.4 Å². The molecule has 0 bridgehead atoms. The molecular formula is C22H21Cl2NO. The predicted octanol–water partition coefficient (Wildman–Crippen LogP) is 6.75. The second-order valence-electron chi connectivity index (χ2n) is 6.01. The Morgan fingerprint density at radius 3 is 2.38 bits per heavy atom. The second-order valence-corrected chi connectivity index (χ2v) is 6.86. The molecule has 4 heteroatoms. The van der Waals surface area contributed by atoms with Crippen LogP contribution in [0.25, 0.3) is 0 Å². The summed E-state index contributed by atoms with van der Waals surface area (Å²) in [5.74, 6) is 0.668. The van der Waals surface area contributed by atoms with Gasteiger partial charge in [0.2, 0.25) is 0 Å². The molecule has 0 radical (unpaired) electrons. The predicted molar refractivity (Wildman–Crippen MR) is 110 cm³/mol. The number of halogens is 2. The van der Waals surface area contributed by atoms with Crippen molar-refractivity contribution in [2.75, 3.05) is 5.32 Å². The van der Waals surface area contributed by atoms with E-state index in [-0.39, 0.29) is 0 Å². The Balaban J connectivity index is 1.79. The van der Waals surface area contributed by atoms with Crippen molar-refractivity contribution in [2.45, 2.75) is 26.5 Å². The highest BCUT2D eigenvalue weighted by molar-refractivity contribution is 6.35. The molecular weight excluding hydrogens is 365 g/mol. The zero-order valence-corrected chi connectivity index (χ0v) is 16.1. The monoisotopic (exact) mass is 385 g/mol. The first-order valence-corrected chi connectivity index (χ1v) is 9.39. The number of para-hydroxylation sites is 1. The first-order chi connectivity index (χ1) is 12.7. The largest absolute Gasteiger partial charge is 0.487 e. The van der Waals surface area contributed by atoms with Gasteiger partial charge in [0, 0.05) is 22.8 Å². The lowest BCUT2D eigenvalue weighted by Crippen LogP contribution is -2.06. The van der Waals surface area contributed by atoms with Crippen LogP contribution < -0.4 is 10.1 Å². The third-order valence-electron chi connectivity index (χ3n) is 4.18. The Morgan fingerprint density at radius 1 is 0.885 bits per heavy atom. The number of hydrogen-bond acceptors (Lipinski definition) is 2. The van der Waals surface area contributed by atoms with Crippen LogP contribution in [0.5, 0.6) is 5.75 Å². The van der Waals surface area contributed by atoms with E-state index in [0.29, 0.717) is 28.9 Å². The van der Waals surface area contributed by atoms with Gasteiger partial charge in [-0.25, -0.2) is 0 Å². The van der Waals surface area contributed by atoms with Crippen LogP contribution in [0.2, 0.25) is 10.0 Å². The van der Waals surface area contributed by atoms with Crippen LogP contribution in [0.1, 0.15) is 23.6 Å². The van der Waals surface area contributed by atoms with Crippen molar-refractivity contribution in [3.63, 3.8) is 0 Å². The zero-order valence-electron chi connectivity index (χ0n) is 14.6. The van der Waals surface area contributed by atoms with Crippen LogP contribution in [-0.4, -0.2) is 0 Å². The summed E-state index contributed by atoms with van der Waals surface area (Å²) in [5.41, 5.74) is 4.41. The maximum absolute atomic E-state index is 6.40. The molecule has 0 aliphatic rings. The molecule has 0 heterocycles. The average Bonchev–Trinajstić information content (AvgIpc) is 2.66. The van der Waals surface area contributed by atoms with Crippen molar-refractivity contribution < 1.29 is 4.74 Å². The minimum Gasteiger partial charge on any atom is -0.487 e. The van der Waals surface area contributed by atoms with Crippen LogP contribution in [0.15, 0.2) is 66.7 Å². The first-order valence-electron chi connectivity index (χ1n) is 8.63. The molecule has 3 rings (SSSR count). The number of anilines is 1. The molecule has 0 saturated carbocycles. The van der Waals surface area contributed by atoms with Crippen molar-refractivity contribution in [1.82, 2.24) is 0 Å². The van der Waals surface area contributed by atoms with E-state index in [0.717, 1.165) is 23.2 Å².